The molecule has 1 aromatic rings. The topological polar surface area (TPSA) is 24.9 Å². The summed E-state index contributed by atoms with van der Waals surface area (Å²) < 4.78 is 0. The van der Waals surface area contributed by atoms with Crippen molar-refractivity contribution in [1.82, 2.24) is 10.3 Å². The molecular weight excluding hydrogens is 216 g/mol. The lowest BCUT2D eigenvalue weighted by Crippen LogP contribution is -2.41. The molecule has 1 N–H and O–H groups in total. The van der Waals surface area contributed by atoms with Gasteiger partial charge in [0.05, 0.1) is 11.2 Å². The van der Waals surface area contributed by atoms with Crippen LogP contribution in [0.2, 0.25) is 0 Å². The SMILES string of the molecule is CCc1nc(C2(NC)CCCCC2)sc1C. The Morgan fingerprint density at radius 2 is 2.00 bits per heavy atom. The molecule has 2 nitrogen and oxygen atoms in total. The third-order valence-electron chi connectivity index (χ3n) is 3.82. The molecule has 1 saturated carbocycles. The molecule has 3 heteroatoms. The first kappa shape index (κ1) is 12.1. The molecule has 1 aliphatic carbocycles. The van der Waals surface area contributed by atoms with Gasteiger partial charge in [0, 0.05) is 4.88 Å². The lowest BCUT2D eigenvalue weighted by molar-refractivity contribution is 0.249. The standard InChI is InChI=1S/C13H22N2S/c1-4-11-10(2)16-12(15-11)13(14-3)8-6-5-7-9-13/h14H,4-9H2,1-3H3. The summed E-state index contributed by atoms with van der Waals surface area (Å²) in [4.78, 5) is 6.25. The fourth-order valence-corrected chi connectivity index (χ4v) is 3.94. The van der Waals surface area contributed by atoms with Gasteiger partial charge >= 0.3 is 0 Å². The maximum absolute atomic E-state index is 4.85. The van der Waals surface area contributed by atoms with Crippen LogP contribution in [0.3, 0.4) is 0 Å². The normalized spacial score (nSPS) is 19.9. The summed E-state index contributed by atoms with van der Waals surface area (Å²) in [5, 5.41) is 4.87. The fourth-order valence-electron chi connectivity index (χ4n) is 2.69. The van der Waals surface area contributed by atoms with Crippen molar-refractivity contribution >= 4 is 11.3 Å². The zero-order valence-corrected chi connectivity index (χ0v) is 11.4. The molecular formula is C13H22N2S. The van der Waals surface area contributed by atoms with E-state index < -0.39 is 0 Å². The molecule has 1 heterocycles. The van der Waals surface area contributed by atoms with Crippen LogP contribution >= 0.6 is 11.3 Å². The Bertz CT molecular complexity index is 351. The molecule has 90 valence electrons. The number of nitrogens with zero attached hydrogens (tertiary/aromatic N) is 1. The maximum atomic E-state index is 4.85. The van der Waals surface area contributed by atoms with Crippen molar-refractivity contribution < 1.29 is 0 Å². The lowest BCUT2D eigenvalue weighted by atomic mass is 9.82. The predicted octanol–water partition coefficient (Wildman–Crippen LogP) is 3.39. The quantitative estimate of drug-likeness (QED) is 0.873. The lowest BCUT2D eigenvalue weighted by Gasteiger charge is -2.35. The zero-order chi connectivity index (χ0) is 11.6. The summed E-state index contributed by atoms with van der Waals surface area (Å²) in [7, 11) is 2.09. The van der Waals surface area contributed by atoms with Crippen LogP contribution in [0.15, 0.2) is 0 Å². The molecule has 2 rings (SSSR count). The van der Waals surface area contributed by atoms with Crippen LogP contribution in [0, 0.1) is 6.92 Å². The number of rotatable bonds is 3. The molecule has 1 fully saturated rings. The minimum absolute atomic E-state index is 0.182. The van der Waals surface area contributed by atoms with E-state index in [9.17, 15) is 0 Å². The first-order chi connectivity index (χ1) is 7.72. The summed E-state index contributed by atoms with van der Waals surface area (Å²) >= 11 is 1.90. The Morgan fingerprint density at radius 1 is 1.31 bits per heavy atom. The van der Waals surface area contributed by atoms with Crippen molar-refractivity contribution in [3.8, 4) is 0 Å². The third-order valence-corrected chi connectivity index (χ3v) is 5.04. The number of aromatic nitrogens is 1. The van der Waals surface area contributed by atoms with E-state index in [2.05, 4.69) is 26.2 Å². The van der Waals surface area contributed by atoms with Crippen molar-refractivity contribution in [3.05, 3.63) is 15.6 Å². The van der Waals surface area contributed by atoms with Crippen LogP contribution in [0.5, 0.6) is 0 Å². The second-order valence-corrected chi connectivity index (χ2v) is 5.97. The Morgan fingerprint density at radius 3 is 2.50 bits per heavy atom. The zero-order valence-electron chi connectivity index (χ0n) is 10.6. The van der Waals surface area contributed by atoms with E-state index in [1.54, 1.807) is 0 Å². The Balaban J connectivity index is 2.31. The summed E-state index contributed by atoms with van der Waals surface area (Å²) in [6.45, 7) is 4.39. The largest absolute Gasteiger partial charge is 0.308 e. The van der Waals surface area contributed by atoms with E-state index in [-0.39, 0.29) is 5.54 Å². The molecule has 0 atom stereocenters. The van der Waals surface area contributed by atoms with Gasteiger partial charge in [-0.1, -0.05) is 26.2 Å². The number of nitrogens with one attached hydrogen (secondary N) is 1. The molecule has 0 aromatic carbocycles. The first-order valence-corrected chi connectivity index (χ1v) is 7.19. The minimum Gasteiger partial charge on any atom is -0.308 e. The highest BCUT2D eigenvalue weighted by molar-refractivity contribution is 7.11. The van der Waals surface area contributed by atoms with Crippen molar-refractivity contribution in [2.75, 3.05) is 7.05 Å². The van der Waals surface area contributed by atoms with Crippen molar-refractivity contribution in [1.29, 1.82) is 0 Å². The summed E-state index contributed by atoms with van der Waals surface area (Å²) in [6, 6.07) is 0. The molecule has 0 amide bonds. The van der Waals surface area contributed by atoms with Crippen LogP contribution < -0.4 is 5.32 Å². The third kappa shape index (κ3) is 2.03. The van der Waals surface area contributed by atoms with E-state index in [0.717, 1.165) is 6.42 Å². The minimum atomic E-state index is 0.182. The highest BCUT2D eigenvalue weighted by atomic mass is 32.1. The summed E-state index contributed by atoms with van der Waals surface area (Å²) in [5.41, 5.74) is 1.47. The molecule has 1 aliphatic rings. The van der Waals surface area contributed by atoms with Gasteiger partial charge in [-0.15, -0.1) is 11.3 Å². The smallest absolute Gasteiger partial charge is 0.113 e. The number of hydrogen-bond donors (Lipinski definition) is 1. The Hall–Kier alpha value is -0.410. The van der Waals surface area contributed by atoms with Gasteiger partial charge in [-0.3, -0.25) is 0 Å². The second-order valence-electron chi connectivity index (χ2n) is 4.77. The van der Waals surface area contributed by atoms with Gasteiger partial charge in [0.15, 0.2) is 0 Å². The highest BCUT2D eigenvalue weighted by Crippen LogP contribution is 2.39. The van der Waals surface area contributed by atoms with Gasteiger partial charge in [0.1, 0.15) is 5.01 Å². The Labute approximate surface area is 102 Å². The predicted molar refractivity (Wildman–Crippen MR) is 70.1 cm³/mol. The fraction of sp³-hybridized carbons (Fsp3) is 0.769. The van der Waals surface area contributed by atoms with E-state index in [1.807, 2.05) is 11.3 Å². The average molecular weight is 238 g/mol. The van der Waals surface area contributed by atoms with Gasteiger partial charge in [0.2, 0.25) is 0 Å². The molecule has 0 radical (unpaired) electrons. The number of hydrogen-bond acceptors (Lipinski definition) is 3. The van der Waals surface area contributed by atoms with Crippen molar-refractivity contribution in [2.45, 2.75) is 57.9 Å². The van der Waals surface area contributed by atoms with E-state index >= 15 is 0 Å². The van der Waals surface area contributed by atoms with Gasteiger partial charge in [-0.25, -0.2) is 4.98 Å². The maximum Gasteiger partial charge on any atom is 0.113 e. The van der Waals surface area contributed by atoms with Gasteiger partial charge in [-0.2, -0.15) is 0 Å². The van der Waals surface area contributed by atoms with E-state index in [4.69, 9.17) is 4.98 Å². The molecule has 16 heavy (non-hydrogen) atoms. The second kappa shape index (κ2) is 4.84. The Kier molecular flexibility index (Phi) is 3.65. The number of thiazole rings is 1. The molecule has 0 spiro atoms. The highest BCUT2D eigenvalue weighted by Gasteiger charge is 2.35. The van der Waals surface area contributed by atoms with Gasteiger partial charge in [-0.05, 0) is 33.2 Å². The molecule has 0 bridgehead atoms. The number of aryl methyl sites for hydroxylation is 2. The van der Waals surface area contributed by atoms with Crippen LogP contribution in [0.25, 0.3) is 0 Å². The monoisotopic (exact) mass is 238 g/mol. The summed E-state index contributed by atoms with van der Waals surface area (Å²) in [5.74, 6) is 0. The molecule has 0 saturated heterocycles. The van der Waals surface area contributed by atoms with E-state index in [1.165, 1.54) is 47.7 Å². The van der Waals surface area contributed by atoms with Crippen LogP contribution in [0.1, 0.15) is 54.6 Å². The first-order valence-electron chi connectivity index (χ1n) is 6.37. The summed E-state index contributed by atoms with van der Waals surface area (Å²) in [6.07, 6.45) is 7.61. The van der Waals surface area contributed by atoms with Gasteiger partial charge in [0.25, 0.3) is 0 Å². The van der Waals surface area contributed by atoms with Crippen LogP contribution in [-0.4, -0.2) is 12.0 Å². The molecule has 1 aromatic heterocycles. The molecule has 0 aliphatic heterocycles. The average Bonchev–Trinajstić information content (AvgIpc) is 2.72. The van der Waals surface area contributed by atoms with Crippen molar-refractivity contribution in [2.24, 2.45) is 0 Å². The van der Waals surface area contributed by atoms with Crippen LogP contribution in [-0.2, 0) is 12.0 Å². The van der Waals surface area contributed by atoms with E-state index in [0.29, 0.717) is 0 Å². The van der Waals surface area contributed by atoms with Crippen molar-refractivity contribution in [3.63, 3.8) is 0 Å². The van der Waals surface area contributed by atoms with Crippen LogP contribution in [0.4, 0.5) is 0 Å². The molecule has 0 unspecified atom stereocenters. The van der Waals surface area contributed by atoms with Gasteiger partial charge < -0.3 is 5.32 Å².